The predicted molar refractivity (Wildman–Crippen MR) is 60.1 cm³/mol. The van der Waals surface area contributed by atoms with E-state index in [2.05, 4.69) is 5.32 Å². The van der Waals surface area contributed by atoms with Crippen molar-refractivity contribution in [1.29, 1.82) is 0 Å². The van der Waals surface area contributed by atoms with Crippen molar-refractivity contribution in [2.75, 3.05) is 32.8 Å². The Balaban J connectivity index is 2.65. The minimum absolute atomic E-state index is 0.0493. The quantitative estimate of drug-likeness (QED) is 0.809. The summed E-state index contributed by atoms with van der Waals surface area (Å²) in [6.45, 7) is 3.49. The van der Waals surface area contributed by atoms with Crippen LogP contribution in [0.3, 0.4) is 0 Å². The third kappa shape index (κ3) is 4.13. The Bertz CT molecular complexity index is 284. The largest absolute Gasteiger partial charge is 0.406 e. The maximum atomic E-state index is 12.3. The van der Waals surface area contributed by atoms with E-state index in [1.54, 1.807) is 6.92 Å². The summed E-state index contributed by atoms with van der Waals surface area (Å²) in [5.41, 5.74) is 0. The van der Waals surface area contributed by atoms with Crippen LogP contribution in [-0.2, 0) is 9.53 Å². The molecular weight excluding hydrogens is 249 g/mol. The number of nitrogens with one attached hydrogen (secondary N) is 1. The van der Waals surface area contributed by atoms with E-state index >= 15 is 0 Å². The highest BCUT2D eigenvalue weighted by Gasteiger charge is 2.39. The van der Waals surface area contributed by atoms with Crippen molar-refractivity contribution in [3.63, 3.8) is 0 Å². The van der Waals surface area contributed by atoms with Crippen molar-refractivity contribution in [2.45, 2.75) is 26.1 Å². The lowest BCUT2D eigenvalue weighted by atomic mass is 10.0. The molecule has 0 aromatic rings. The Morgan fingerprint density at radius 1 is 1.39 bits per heavy atom. The number of nitrogens with zero attached hydrogens (tertiary/aromatic N) is 1. The number of carbonyl (C=O) groups excluding carboxylic acids is 1. The first-order valence-corrected chi connectivity index (χ1v) is 6.05. The van der Waals surface area contributed by atoms with Gasteiger partial charge in [0, 0.05) is 12.6 Å². The van der Waals surface area contributed by atoms with Gasteiger partial charge in [-0.2, -0.15) is 13.2 Å². The van der Waals surface area contributed by atoms with Crippen molar-refractivity contribution in [2.24, 2.45) is 5.92 Å². The summed E-state index contributed by atoms with van der Waals surface area (Å²) in [4.78, 5) is 12.9. The van der Waals surface area contributed by atoms with E-state index in [1.165, 1.54) is 0 Å². The summed E-state index contributed by atoms with van der Waals surface area (Å²) >= 11 is 0. The first-order chi connectivity index (χ1) is 8.39. The van der Waals surface area contributed by atoms with E-state index in [9.17, 15) is 18.0 Å². The smallest absolute Gasteiger partial charge is 0.379 e. The summed E-state index contributed by atoms with van der Waals surface area (Å²) < 4.78 is 42.2. The highest BCUT2D eigenvalue weighted by molar-refractivity contribution is 5.80. The molecule has 0 aromatic carbocycles. The summed E-state index contributed by atoms with van der Waals surface area (Å²) in [7, 11) is 0. The van der Waals surface area contributed by atoms with Crippen LogP contribution in [0.25, 0.3) is 0 Å². The Hall–Kier alpha value is -0.820. The third-order valence-electron chi connectivity index (χ3n) is 2.93. The topological polar surface area (TPSA) is 41.6 Å². The van der Waals surface area contributed by atoms with Crippen LogP contribution >= 0.6 is 0 Å². The van der Waals surface area contributed by atoms with Crippen LogP contribution in [0.2, 0.25) is 0 Å². The maximum absolute atomic E-state index is 12.3. The molecule has 1 amide bonds. The van der Waals surface area contributed by atoms with Gasteiger partial charge < -0.3 is 15.0 Å². The molecule has 1 heterocycles. The number of hydrogen-bond acceptors (Lipinski definition) is 3. The van der Waals surface area contributed by atoms with Crippen LogP contribution in [0.5, 0.6) is 0 Å². The van der Waals surface area contributed by atoms with E-state index in [0.717, 1.165) is 4.90 Å². The van der Waals surface area contributed by atoms with Crippen molar-refractivity contribution >= 4 is 5.91 Å². The minimum atomic E-state index is -4.36. The monoisotopic (exact) mass is 268 g/mol. The molecule has 0 radical (unpaired) electrons. The van der Waals surface area contributed by atoms with Crippen molar-refractivity contribution < 1.29 is 22.7 Å². The molecule has 1 aliphatic rings. The molecule has 1 fully saturated rings. The van der Waals surface area contributed by atoms with Crippen molar-refractivity contribution in [3.8, 4) is 0 Å². The minimum Gasteiger partial charge on any atom is -0.379 e. The molecule has 1 N–H and O–H groups in total. The van der Waals surface area contributed by atoms with Gasteiger partial charge in [-0.15, -0.1) is 0 Å². The van der Waals surface area contributed by atoms with E-state index < -0.39 is 24.5 Å². The third-order valence-corrected chi connectivity index (χ3v) is 2.93. The summed E-state index contributed by atoms with van der Waals surface area (Å²) in [5, 5.41) is 3.06. The lowest BCUT2D eigenvalue weighted by Gasteiger charge is -2.27. The SMILES string of the molecule is CCNC1COCC1C(=O)N(CC)CC(F)(F)F. The average Bonchev–Trinajstić information content (AvgIpc) is 2.72. The molecule has 2 unspecified atom stereocenters. The molecule has 0 aliphatic carbocycles. The van der Waals surface area contributed by atoms with E-state index in [0.29, 0.717) is 13.2 Å². The van der Waals surface area contributed by atoms with Crippen LogP contribution in [0, 0.1) is 5.92 Å². The van der Waals surface area contributed by atoms with Gasteiger partial charge in [0.05, 0.1) is 19.1 Å². The fourth-order valence-corrected chi connectivity index (χ4v) is 2.06. The highest BCUT2D eigenvalue weighted by Crippen LogP contribution is 2.21. The molecule has 4 nitrogen and oxygen atoms in total. The standard InChI is InChI=1S/C11H19F3N2O2/c1-3-15-9-6-18-5-8(9)10(17)16(4-2)7-11(12,13)14/h8-9,15H,3-7H2,1-2H3. The number of alkyl halides is 3. The molecule has 0 spiro atoms. The second kappa shape index (κ2) is 6.38. The Morgan fingerprint density at radius 3 is 2.56 bits per heavy atom. The van der Waals surface area contributed by atoms with E-state index in [1.807, 2.05) is 6.92 Å². The molecule has 0 aromatic heterocycles. The highest BCUT2D eigenvalue weighted by atomic mass is 19.4. The molecule has 106 valence electrons. The molecule has 1 aliphatic heterocycles. The molecule has 7 heteroatoms. The number of ether oxygens (including phenoxy) is 1. The number of amides is 1. The second-order valence-electron chi connectivity index (χ2n) is 4.28. The van der Waals surface area contributed by atoms with Crippen molar-refractivity contribution in [1.82, 2.24) is 10.2 Å². The zero-order valence-electron chi connectivity index (χ0n) is 10.6. The maximum Gasteiger partial charge on any atom is 0.406 e. The number of halogens is 3. The van der Waals surface area contributed by atoms with Crippen molar-refractivity contribution in [3.05, 3.63) is 0 Å². The van der Waals surface area contributed by atoms with Gasteiger partial charge >= 0.3 is 6.18 Å². The van der Waals surface area contributed by atoms with Gasteiger partial charge in [-0.25, -0.2) is 0 Å². The summed E-state index contributed by atoms with van der Waals surface area (Å²) in [5.74, 6) is -1.01. The lowest BCUT2D eigenvalue weighted by Crippen LogP contribution is -2.48. The number of carbonyl (C=O) groups is 1. The zero-order valence-corrected chi connectivity index (χ0v) is 10.6. The number of rotatable bonds is 5. The molecular formula is C11H19F3N2O2. The zero-order chi connectivity index (χ0) is 13.8. The summed E-state index contributed by atoms with van der Waals surface area (Å²) in [6, 6.07) is -0.190. The van der Waals surface area contributed by atoms with Crippen LogP contribution < -0.4 is 5.32 Å². The molecule has 1 rings (SSSR count). The summed E-state index contributed by atoms with van der Waals surface area (Å²) in [6.07, 6.45) is -4.36. The molecule has 18 heavy (non-hydrogen) atoms. The van der Waals surface area contributed by atoms with Crippen LogP contribution in [0.1, 0.15) is 13.8 Å². The molecule has 1 saturated heterocycles. The average molecular weight is 268 g/mol. The van der Waals surface area contributed by atoms with Gasteiger partial charge in [0.1, 0.15) is 6.54 Å². The van der Waals surface area contributed by atoms with Gasteiger partial charge in [-0.1, -0.05) is 6.92 Å². The Labute approximate surface area is 104 Å². The van der Waals surface area contributed by atoms with Gasteiger partial charge in [-0.05, 0) is 13.5 Å². The van der Waals surface area contributed by atoms with Crippen LogP contribution in [0.4, 0.5) is 13.2 Å². The fraction of sp³-hybridized carbons (Fsp3) is 0.909. The molecule has 2 atom stereocenters. The van der Waals surface area contributed by atoms with E-state index in [4.69, 9.17) is 4.74 Å². The first kappa shape index (κ1) is 15.2. The van der Waals surface area contributed by atoms with E-state index in [-0.39, 0.29) is 19.2 Å². The molecule has 0 saturated carbocycles. The van der Waals surface area contributed by atoms with Crippen LogP contribution in [-0.4, -0.2) is 55.9 Å². The lowest BCUT2D eigenvalue weighted by molar-refractivity contribution is -0.163. The second-order valence-corrected chi connectivity index (χ2v) is 4.28. The predicted octanol–water partition coefficient (Wildman–Crippen LogP) is 1.02. The Kier molecular flexibility index (Phi) is 5.40. The normalized spacial score (nSPS) is 24.3. The van der Waals surface area contributed by atoms with Gasteiger partial charge in [0.2, 0.25) is 5.91 Å². The van der Waals surface area contributed by atoms with Gasteiger partial charge in [0.25, 0.3) is 0 Å². The van der Waals surface area contributed by atoms with Gasteiger partial charge in [0.15, 0.2) is 0 Å². The first-order valence-electron chi connectivity index (χ1n) is 6.05. The fourth-order valence-electron chi connectivity index (χ4n) is 2.06. The van der Waals surface area contributed by atoms with Crippen LogP contribution in [0.15, 0.2) is 0 Å². The Morgan fingerprint density at radius 2 is 2.06 bits per heavy atom. The number of hydrogen-bond donors (Lipinski definition) is 1. The number of likely N-dealkylation sites (N-methyl/N-ethyl adjacent to an activating group) is 1. The van der Waals surface area contributed by atoms with Gasteiger partial charge in [-0.3, -0.25) is 4.79 Å². The molecule has 0 bridgehead atoms.